The van der Waals surface area contributed by atoms with Gasteiger partial charge < -0.3 is 14.9 Å². The summed E-state index contributed by atoms with van der Waals surface area (Å²) in [7, 11) is 0. The standard InChI is InChI=1S/C24H32ClFO5/c1-4-9-31-20-11-17-16-6-5-14-10-15(27)7-8-21(14,2)23(16,26)18(28)12-22(17,3)24(20,30)19(29)13-25/h4,10,16-18,20,28,30H,1,5-9,11-13H2,2-3H3/t16-,17-,18?,20?,21-,22-,23-,24+/m0/s1. The van der Waals surface area contributed by atoms with E-state index < -0.39 is 46.0 Å². The summed E-state index contributed by atoms with van der Waals surface area (Å²) in [5.74, 6) is -1.88. The molecule has 8 atom stereocenters. The van der Waals surface area contributed by atoms with E-state index in [1.165, 1.54) is 0 Å². The van der Waals surface area contributed by atoms with Crippen molar-refractivity contribution in [2.45, 2.75) is 75.9 Å². The van der Waals surface area contributed by atoms with E-state index in [1.807, 2.05) is 6.92 Å². The maximum Gasteiger partial charge on any atom is 0.182 e. The van der Waals surface area contributed by atoms with E-state index in [-0.39, 0.29) is 37.0 Å². The molecule has 0 heterocycles. The van der Waals surface area contributed by atoms with E-state index in [9.17, 15) is 19.8 Å². The molecule has 4 aliphatic rings. The summed E-state index contributed by atoms with van der Waals surface area (Å²) in [6.45, 7) is 7.37. The van der Waals surface area contributed by atoms with Crippen LogP contribution in [0.1, 0.15) is 52.4 Å². The SMILES string of the molecule is C=CCOC1C[C@H]2[C@@H]3CCC4=CC(=O)CC[C@]4(C)[C@@]3(F)C(O)C[C@]2(C)[C@@]1(O)C(=O)CCl. The molecule has 0 bridgehead atoms. The lowest BCUT2D eigenvalue weighted by Gasteiger charge is -2.63. The molecule has 3 saturated carbocycles. The molecule has 7 heteroatoms. The molecule has 0 spiro atoms. The lowest BCUT2D eigenvalue weighted by molar-refractivity contribution is -0.230. The van der Waals surface area contributed by atoms with Crippen molar-refractivity contribution in [3.05, 3.63) is 24.3 Å². The fourth-order valence-electron chi connectivity index (χ4n) is 7.53. The second kappa shape index (κ2) is 7.47. The molecule has 0 saturated heterocycles. The van der Waals surface area contributed by atoms with E-state index in [0.717, 1.165) is 5.57 Å². The number of aliphatic hydroxyl groups excluding tert-OH is 1. The summed E-state index contributed by atoms with van der Waals surface area (Å²) in [6.07, 6.45) is 2.74. The maximum absolute atomic E-state index is 17.1. The number of aliphatic hydroxyl groups is 2. The van der Waals surface area contributed by atoms with Crippen LogP contribution in [0.5, 0.6) is 0 Å². The Hall–Kier alpha value is -1.08. The van der Waals surface area contributed by atoms with Gasteiger partial charge in [-0.2, -0.15) is 0 Å². The molecule has 0 aliphatic heterocycles. The van der Waals surface area contributed by atoms with Crippen LogP contribution in [-0.2, 0) is 14.3 Å². The number of rotatable bonds is 5. The minimum atomic E-state index is -1.94. The van der Waals surface area contributed by atoms with Crippen molar-refractivity contribution in [3.63, 3.8) is 0 Å². The average Bonchev–Trinajstić information content (AvgIpc) is 2.95. The second-order valence-electron chi connectivity index (χ2n) is 10.3. The van der Waals surface area contributed by atoms with Crippen LogP contribution in [0.15, 0.2) is 24.3 Å². The molecule has 0 aromatic carbocycles. The van der Waals surface area contributed by atoms with Crippen LogP contribution in [0.4, 0.5) is 4.39 Å². The number of ketones is 2. The third-order valence-corrected chi connectivity index (χ3v) is 9.44. The Balaban J connectivity index is 1.81. The first-order valence-electron chi connectivity index (χ1n) is 11.2. The molecule has 31 heavy (non-hydrogen) atoms. The van der Waals surface area contributed by atoms with E-state index in [0.29, 0.717) is 25.7 Å². The topological polar surface area (TPSA) is 83.8 Å². The van der Waals surface area contributed by atoms with Gasteiger partial charge in [-0.25, -0.2) is 4.39 Å². The number of carbonyl (C=O) groups excluding carboxylic acids is 2. The minimum Gasteiger partial charge on any atom is -0.390 e. The van der Waals surface area contributed by atoms with Gasteiger partial charge in [0, 0.05) is 23.2 Å². The number of Topliss-reactive ketones (excluding diaryl/α,β-unsaturated/α-hetero) is 1. The van der Waals surface area contributed by atoms with Gasteiger partial charge in [0.2, 0.25) is 0 Å². The van der Waals surface area contributed by atoms with Crippen LogP contribution in [0.25, 0.3) is 0 Å². The molecule has 0 radical (unpaired) electrons. The summed E-state index contributed by atoms with van der Waals surface area (Å²) in [4.78, 5) is 24.9. The smallest absolute Gasteiger partial charge is 0.182 e. The minimum absolute atomic E-state index is 0.00509. The number of hydrogen-bond donors (Lipinski definition) is 2. The molecule has 2 unspecified atom stereocenters. The summed E-state index contributed by atoms with van der Waals surface area (Å²) in [6, 6.07) is 0. The summed E-state index contributed by atoms with van der Waals surface area (Å²) >= 11 is 5.88. The summed E-state index contributed by atoms with van der Waals surface area (Å²) in [5, 5.41) is 23.0. The zero-order valence-electron chi connectivity index (χ0n) is 18.2. The second-order valence-corrected chi connectivity index (χ2v) is 10.6. The van der Waals surface area contributed by atoms with Gasteiger partial charge in [0.05, 0.1) is 24.7 Å². The highest BCUT2D eigenvalue weighted by molar-refractivity contribution is 6.29. The van der Waals surface area contributed by atoms with Crippen LogP contribution in [0.3, 0.4) is 0 Å². The molecule has 3 fully saturated rings. The van der Waals surface area contributed by atoms with Gasteiger partial charge in [0.25, 0.3) is 0 Å². The molecule has 2 N–H and O–H groups in total. The number of hydrogen-bond acceptors (Lipinski definition) is 5. The normalized spacial score (nSPS) is 49.0. The highest BCUT2D eigenvalue weighted by Crippen LogP contribution is 2.70. The Morgan fingerprint density at radius 2 is 2.10 bits per heavy atom. The molecular weight excluding hydrogens is 423 g/mol. The van der Waals surface area contributed by atoms with E-state index in [2.05, 4.69) is 6.58 Å². The quantitative estimate of drug-likeness (QED) is 0.492. The van der Waals surface area contributed by atoms with Crippen LogP contribution < -0.4 is 0 Å². The van der Waals surface area contributed by atoms with Crippen molar-refractivity contribution < 1.29 is 28.9 Å². The Morgan fingerprint density at radius 1 is 1.39 bits per heavy atom. The van der Waals surface area contributed by atoms with Crippen LogP contribution in [0.2, 0.25) is 0 Å². The number of fused-ring (bicyclic) bond motifs is 5. The lowest BCUT2D eigenvalue weighted by atomic mass is 9.44. The third-order valence-electron chi connectivity index (χ3n) is 9.20. The molecule has 0 aromatic rings. The predicted molar refractivity (Wildman–Crippen MR) is 114 cm³/mol. The van der Waals surface area contributed by atoms with Gasteiger partial charge >= 0.3 is 0 Å². The van der Waals surface area contributed by atoms with E-state index in [1.54, 1.807) is 19.1 Å². The van der Waals surface area contributed by atoms with Gasteiger partial charge in [0.1, 0.15) is 5.67 Å². The molecule has 0 aromatic heterocycles. The average molecular weight is 455 g/mol. The number of ether oxygens (including phenoxy) is 1. The first-order chi connectivity index (χ1) is 14.5. The molecule has 4 aliphatic carbocycles. The third kappa shape index (κ3) is 2.77. The van der Waals surface area contributed by atoms with E-state index >= 15 is 4.39 Å². The number of allylic oxidation sites excluding steroid dienone is 1. The van der Waals surface area contributed by atoms with Gasteiger partial charge in [-0.15, -0.1) is 18.2 Å². The van der Waals surface area contributed by atoms with Crippen molar-refractivity contribution in [1.29, 1.82) is 0 Å². The molecular formula is C24H32ClFO5. The lowest BCUT2D eigenvalue weighted by Crippen LogP contribution is -2.70. The highest BCUT2D eigenvalue weighted by atomic mass is 35.5. The predicted octanol–water partition coefficient (Wildman–Crippen LogP) is 3.30. The maximum atomic E-state index is 17.1. The summed E-state index contributed by atoms with van der Waals surface area (Å²) < 4.78 is 23.0. The Bertz CT molecular complexity index is 844. The number of halogens is 2. The summed E-state index contributed by atoms with van der Waals surface area (Å²) in [5.41, 5.74) is -5.11. The Morgan fingerprint density at radius 3 is 2.74 bits per heavy atom. The van der Waals surface area contributed by atoms with Crippen LogP contribution in [-0.4, -0.2) is 57.7 Å². The van der Waals surface area contributed by atoms with Crippen LogP contribution >= 0.6 is 11.6 Å². The largest absolute Gasteiger partial charge is 0.390 e. The highest BCUT2D eigenvalue weighted by Gasteiger charge is 2.76. The van der Waals surface area contributed by atoms with Crippen molar-refractivity contribution in [2.75, 3.05) is 12.5 Å². The fraction of sp³-hybridized carbons (Fsp3) is 0.750. The number of alkyl halides is 2. The van der Waals surface area contributed by atoms with Gasteiger partial charge in [-0.1, -0.05) is 25.5 Å². The zero-order chi connectivity index (χ0) is 22.8. The van der Waals surface area contributed by atoms with Crippen molar-refractivity contribution >= 4 is 23.2 Å². The van der Waals surface area contributed by atoms with Gasteiger partial charge in [-0.3, -0.25) is 9.59 Å². The zero-order valence-corrected chi connectivity index (χ0v) is 19.0. The first-order valence-corrected chi connectivity index (χ1v) is 11.7. The van der Waals surface area contributed by atoms with Crippen molar-refractivity contribution in [3.8, 4) is 0 Å². The molecule has 5 nitrogen and oxygen atoms in total. The van der Waals surface area contributed by atoms with Gasteiger partial charge in [-0.05, 0) is 44.1 Å². The van der Waals surface area contributed by atoms with E-state index in [4.69, 9.17) is 16.3 Å². The van der Waals surface area contributed by atoms with Crippen molar-refractivity contribution in [1.82, 2.24) is 0 Å². The van der Waals surface area contributed by atoms with Gasteiger partial charge in [0.15, 0.2) is 17.2 Å². The van der Waals surface area contributed by atoms with Crippen LogP contribution in [0, 0.1) is 22.7 Å². The Labute approximate surface area is 187 Å². The molecule has 4 rings (SSSR count). The molecule has 0 amide bonds. The van der Waals surface area contributed by atoms with Crippen molar-refractivity contribution in [2.24, 2.45) is 22.7 Å². The molecule has 172 valence electrons. The Kier molecular flexibility index (Phi) is 5.57. The number of carbonyl (C=O) groups is 2. The monoisotopic (exact) mass is 454 g/mol. The first kappa shape index (κ1) is 23.1. The fourth-order valence-corrected chi connectivity index (χ4v) is 7.74.